The highest BCUT2D eigenvalue weighted by atomic mass is 19.2. The van der Waals surface area contributed by atoms with Gasteiger partial charge in [0.1, 0.15) is 5.75 Å². The lowest BCUT2D eigenvalue weighted by molar-refractivity contribution is -0.146. The highest BCUT2D eigenvalue weighted by molar-refractivity contribution is 5.83. The zero-order valence-electron chi connectivity index (χ0n) is 20.1. The molecule has 0 aliphatic carbocycles. The van der Waals surface area contributed by atoms with Crippen molar-refractivity contribution in [2.24, 2.45) is 11.8 Å². The maximum Gasteiger partial charge on any atom is 0.308 e. The fraction of sp³-hybridized carbons (Fsp3) is 0.429. The average Bonchev–Trinajstić information content (AvgIpc) is 2.87. The van der Waals surface area contributed by atoms with Crippen LogP contribution in [0.3, 0.4) is 0 Å². The van der Waals surface area contributed by atoms with E-state index >= 15 is 0 Å². The van der Waals surface area contributed by atoms with Crippen LogP contribution in [0.1, 0.15) is 36.8 Å². The van der Waals surface area contributed by atoms with E-state index in [9.17, 15) is 18.7 Å². The summed E-state index contributed by atoms with van der Waals surface area (Å²) in [6, 6.07) is 12.1. The van der Waals surface area contributed by atoms with Crippen LogP contribution in [0.25, 0.3) is 10.9 Å². The third kappa shape index (κ3) is 6.14. The van der Waals surface area contributed by atoms with Gasteiger partial charge in [0, 0.05) is 18.1 Å². The van der Waals surface area contributed by atoms with Crippen LogP contribution in [0.15, 0.2) is 48.7 Å². The van der Waals surface area contributed by atoms with Crippen molar-refractivity contribution in [2.75, 3.05) is 26.7 Å². The van der Waals surface area contributed by atoms with Crippen LogP contribution >= 0.6 is 0 Å². The Kier molecular flexibility index (Phi) is 8.29. The number of carboxylic acid groups (broad SMARTS) is 1. The Morgan fingerprint density at radius 3 is 2.77 bits per heavy atom. The Morgan fingerprint density at radius 2 is 1.97 bits per heavy atom. The highest BCUT2D eigenvalue weighted by Gasteiger charge is 2.33. The Labute approximate surface area is 204 Å². The van der Waals surface area contributed by atoms with Crippen LogP contribution in [0.4, 0.5) is 8.78 Å². The van der Waals surface area contributed by atoms with Gasteiger partial charge in [0.05, 0.1) is 18.5 Å². The molecule has 3 aromatic rings. The normalized spacial score (nSPS) is 18.6. The van der Waals surface area contributed by atoms with Crippen molar-refractivity contribution in [3.63, 3.8) is 0 Å². The second-order valence-electron chi connectivity index (χ2n) is 9.36. The number of fused-ring (bicyclic) bond motifs is 1. The summed E-state index contributed by atoms with van der Waals surface area (Å²) >= 11 is 0. The monoisotopic (exact) mass is 482 g/mol. The van der Waals surface area contributed by atoms with Gasteiger partial charge in [-0.3, -0.25) is 9.78 Å². The number of benzene rings is 2. The number of hydrogen-bond donors (Lipinski definition) is 1. The summed E-state index contributed by atoms with van der Waals surface area (Å²) < 4.78 is 32.6. The van der Waals surface area contributed by atoms with Crippen molar-refractivity contribution in [3.8, 4) is 5.75 Å². The van der Waals surface area contributed by atoms with Gasteiger partial charge >= 0.3 is 5.97 Å². The van der Waals surface area contributed by atoms with E-state index in [1.165, 1.54) is 11.6 Å². The van der Waals surface area contributed by atoms with Gasteiger partial charge in [-0.25, -0.2) is 8.78 Å². The number of piperidine rings is 1. The number of carbonyl (C=O) groups is 1. The molecule has 1 fully saturated rings. The summed E-state index contributed by atoms with van der Waals surface area (Å²) in [5.74, 6) is -1.85. The Bertz CT molecular complexity index is 1170. The predicted octanol–water partition coefficient (Wildman–Crippen LogP) is 5.50. The minimum atomic E-state index is -0.826. The number of likely N-dealkylation sites (tertiary alicyclic amines) is 1. The summed E-state index contributed by atoms with van der Waals surface area (Å²) in [5, 5.41) is 10.9. The van der Waals surface area contributed by atoms with E-state index in [4.69, 9.17) is 4.74 Å². The number of ether oxygens (including phenoxy) is 1. The number of pyridine rings is 1. The first-order chi connectivity index (χ1) is 17.0. The molecule has 1 aliphatic rings. The zero-order valence-corrected chi connectivity index (χ0v) is 20.1. The third-order valence-electron chi connectivity index (χ3n) is 7.17. The first kappa shape index (κ1) is 25.0. The van der Waals surface area contributed by atoms with Gasteiger partial charge < -0.3 is 14.7 Å². The van der Waals surface area contributed by atoms with Crippen LogP contribution in [-0.2, 0) is 17.6 Å². The molecule has 7 heteroatoms. The molecule has 0 radical (unpaired) electrons. The standard InChI is InChI=1S/C28H32F2N2O3/c1-35-22-10-11-26-23(17-22)19(12-14-31-26)5-2-6-20-13-16-32(18-24(20)28(33)34)15-4-8-21-7-3-9-25(29)27(21)30/h3,7,9-12,14,17,20,24H,2,4-6,8,13,15-16,18H2,1H3,(H,33,34)/t20-,24+/m1/s1. The summed E-state index contributed by atoms with van der Waals surface area (Å²) in [5.41, 5.74) is 2.50. The fourth-order valence-electron chi connectivity index (χ4n) is 5.21. The summed E-state index contributed by atoms with van der Waals surface area (Å²) in [4.78, 5) is 18.6. The molecule has 186 valence electrons. The van der Waals surface area contributed by atoms with Gasteiger partial charge in [-0.05, 0) is 99.0 Å². The number of rotatable bonds is 10. The van der Waals surface area contributed by atoms with Gasteiger partial charge in [0.2, 0.25) is 0 Å². The summed E-state index contributed by atoms with van der Waals surface area (Å²) in [7, 11) is 1.65. The highest BCUT2D eigenvalue weighted by Crippen LogP contribution is 2.30. The van der Waals surface area contributed by atoms with E-state index < -0.39 is 23.5 Å². The molecule has 0 spiro atoms. The smallest absolute Gasteiger partial charge is 0.308 e. The minimum absolute atomic E-state index is 0.132. The second kappa shape index (κ2) is 11.6. The molecule has 2 heterocycles. The van der Waals surface area contributed by atoms with Crippen LogP contribution in [0.5, 0.6) is 5.75 Å². The van der Waals surface area contributed by atoms with Crippen molar-refractivity contribution < 1.29 is 23.4 Å². The van der Waals surface area contributed by atoms with E-state index in [1.807, 2.05) is 30.5 Å². The first-order valence-electron chi connectivity index (χ1n) is 12.3. The van der Waals surface area contributed by atoms with E-state index in [0.717, 1.165) is 54.9 Å². The van der Waals surface area contributed by atoms with Gasteiger partial charge in [0.15, 0.2) is 11.6 Å². The first-order valence-corrected chi connectivity index (χ1v) is 12.3. The molecule has 0 saturated carbocycles. The largest absolute Gasteiger partial charge is 0.497 e. The number of halogens is 2. The molecule has 0 amide bonds. The van der Waals surface area contributed by atoms with Crippen molar-refractivity contribution >= 4 is 16.9 Å². The Balaban J connectivity index is 1.30. The van der Waals surface area contributed by atoms with E-state index in [1.54, 1.807) is 13.2 Å². The molecule has 1 aliphatic heterocycles. The molecule has 5 nitrogen and oxygen atoms in total. The molecule has 1 aromatic heterocycles. The van der Waals surface area contributed by atoms with Crippen molar-refractivity contribution in [2.45, 2.75) is 38.5 Å². The Morgan fingerprint density at radius 1 is 1.14 bits per heavy atom. The number of nitrogens with zero attached hydrogens (tertiary/aromatic N) is 2. The summed E-state index contributed by atoms with van der Waals surface area (Å²) in [6.07, 6.45) is 6.37. The van der Waals surface area contributed by atoms with Crippen LogP contribution in [0, 0.1) is 23.5 Å². The zero-order chi connectivity index (χ0) is 24.8. The fourth-order valence-corrected chi connectivity index (χ4v) is 5.21. The number of aryl methyl sites for hydroxylation is 2. The lowest BCUT2D eigenvalue weighted by atomic mass is 9.81. The van der Waals surface area contributed by atoms with Crippen LogP contribution < -0.4 is 4.74 Å². The lowest BCUT2D eigenvalue weighted by Gasteiger charge is -2.36. The van der Waals surface area contributed by atoms with Gasteiger partial charge in [-0.15, -0.1) is 0 Å². The predicted molar refractivity (Wildman–Crippen MR) is 132 cm³/mol. The molecule has 1 saturated heterocycles. The Hall–Kier alpha value is -3.06. The van der Waals surface area contributed by atoms with Crippen molar-refractivity contribution in [3.05, 3.63) is 71.4 Å². The number of methoxy groups -OCH3 is 1. The van der Waals surface area contributed by atoms with Gasteiger partial charge in [-0.1, -0.05) is 12.1 Å². The number of carboxylic acids is 1. The quantitative estimate of drug-likeness (QED) is 0.414. The maximum atomic E-state index is 13.9. The molecule has 35 heavy (non-hydrogen) atoms. The SMILES string of the molecule is COc1ccc2nccc(CCC[C@@H]3CCN(CCCc4cccc(F)c4F)C[C@@H]3C(=O)O)c2c1. The molecular weight excluding hydrogens is 450 g/mol. The lowest BCUT2D eigenvalue weighted by Crippen LogP contribution is -2.44. The molecule has 0 bridgehead atoms. The van der Waals surface area contributed by atoms with Gasteiger partial charge in [-0.2, -0.15) is 0 Å². The molecule has 1 N–H and O–H groups in total. The van der Waals surface area contributed by atoms with Gasteiger partial charge in [0.25, 0.3) is 0 Å². The van der Waals surface area contributed by atoms with Crippen molar-refractivity contribution in [1.29, 1.82) is 0 Å². The summed E-state index contributed by atoms with van der Waals surface area (Å²) in [6.45, 7) is 2.01. The van der Waals surface area contributed by atoms with Crippen LogP contribution in [-0.4, -0.2) is 47.7 Å². The maximum absolute atomic E-state index is 13.9. The van der Waals surface area contributed by atoms with Crippen LogP contribution in [0.2, 0.25) is 0 Å². The third-order valence-corrected chi connectivity index (χ3v) is 7.17. The number of hydrogen-bond acceptors (Lipinski definition) is 4. The average molecular weight is 483 g/mol. The minimum Gasteiger partial charge on any atom is -0.497 e. The molecular formula is C28H32F2N2O3. The number of aromatic nitrogens is 1. The van der Waals surface area contributed by atoms with E-state index in [2.05, 4.69) is 9.88 Å². The molecule has 0 unspecified atom stereocenters. The topological polar surface area (TPSA) is 62.7 Å². The molecule has 2 aromatic carbocycles. The second-order valence-corrected chi connectivity index (χ2v) is 9.36. The molecule has 2 atom stereocenters. The van der Waals surface area contributed by atoms with E-state index in [-0.39, 0.29) is 5.92 Å². The molecule has 4 rings (SSSR count). The van der Waals surface area contributed by atoms with Crippen molar-refractivity contribution in [1.82, 2.24) is 9.88 Å². The number of aliphatic carboxylic acids is 1. The van der Waals surface area contributed by atoms with E-state index in [0.29, 0.717) is 31.5 Å².